The summed E-state index contributed by atoms with van der Waals surface area (Å²) in [7, 11) is 1.71. The summed E-state index contributed by atoms with van der Waals surface area (Å²) in [6.07, 6.45) is 0.481. The van der Waals surface area contributed by atoms with Gasteiger partial charge in [-0.3, -0.25) is 4.79 Å². The number of amides is 1. The first-order chi connectivity index (χ1) is 6.54. The minimum Gasteiger partial charge on any atom is -0.375 e. The van der Waals surface area contributed by atoms with Crippen molar-refractivity contribution in [2.24, 2.45) is 0 Å². The van der Waals surface area contributed by atoms with Crippen molar-refractivity contribution in [1.82, 2.24) is 4.90 Å². The van der Waals surface area contributed by atoms with Crippen molar-refractivity contribution in [3.05, 3.63) is 20.8 Å². The molecule has 0 aromatic carbocycles. The van der Waals surface area contributed by atoms with Crippen LogP contribution in [0.5, 0.6) is 0 Å². The van der Waals surface area contributed by atoms with Gasteiger partial charge < -0.3 is 10.0 Å². The van der Waals surface area contributed by atoms with Crippen molar-refractivity contribution in [2.75, 3.05) is 13.6 Å². The van der Waals surface area contributed by atoms with Gasteiger partial charge in [-0.15, -0.1) is 11.3 Å². The number of hydrogen-bond acceptors (Lipinski definition) is 3. The highest BCUT2D eigenvalue weighted by Crippen LogP contribution is 2.37. The number of carbonyl (C=O) groups is 1. The molecule has 1 aliphatic rings. The van der Waals surface area contributed by atoms with Gasteiger partial charge in [-0.1, -0.05) is 0 Å². The molecule has 1 aromatic heterocycles. The molecule has 1 saturated heterocycles. The summed E-state index contributed by atoms with van der Waals surface area (Å²) in [6, 6.07) is 3.65. The van der Waals surface area contributed by atoms with Gasteiger partial charge in [0.25, 0.3) is 5.91 Å². The van der Waals surface area contributed by atoms with E-state index in [1.807, 2.05) is 6.07 Å². The van der Waals surface area contributed by atoms with E-state index in [2.05, 4.69) is 15.9 Å². The summed E-state index contributed by atoms with van der Waals surface area (Å²) in [6.45, 7) is 0.616. The van der Waals surface area contributed by atoms with Crippen LogP contribution >= 0.6 is 27.3 Å². The van der Waals surface area contributed by atoms with Gasteiger partial charge in [-0.25, -0.2) is 0 Å². The van der Waals surface area contributed by atoms with Crippen LogP contribution in [0.4, 0.5) is 0 Å². The lowest BCUT2D eigenvalue weighted by Crippen LogP contribution is -2.35. The van der Waals surface area contributed by atoms with Gasteiger partial charge in [0.1, 0.15) is 0 Å². The highest BCUT2D eigenvalue weighted by atomic mass is 79.9. The van der Waals surface area contributed by atoms with Crippen LogP contribution in [-0.2, 0) is 10.4 Å². The third-order valence-corrected chi connectivity index (χ3v) is 4.27. The normalized spacial score (nSPS) is 27.4. The SMILES string of the molecule is CN1CCC(O)(c2ccc(Br)s2)C1=O. The number of rotatable bonds is 1. The zero-order valence-electron chi connectivity index (χ0n) is 7.66. The number of halogens is 1. The number of hydrogen-bond donors (Lipinski definition) is 1. The van der Waals surface area contributed by atoms with Gasteiger partial charge in [-0.2, -0.15) is 0 Å². The molecule has 0 spiro atoms. The van der Waals surface area contributed by atoms with E-state index in [4.69, 9.17) is 0 Å². The quantitative estimate of drug-likeness (QED) is 0.845. The monoisotopic (exact) mass is 275 g/mol. The fourth-order valence-electron chi connectivity index (χ4n) is 1.62. The van der Waals surface area contributed by atoms with E-state index in [1.165, 1.54) is 11.3 Å². The van der Waals surface area contributed by atoms with E-state index in [1.54, 1.807) is 18.0 Å². The molecule has 1 atom stereocenters. The van der Waals surface area contributed by atoms with Crippen LogP contribution in [-0.4, -0.2) is 29.5 Å². The summed E-state index contributed by atoms with van der Waals surface area (Å²) in [5, 5.41) is 10.2. The molecular weight excluding hydrogens is 266 g/mol. The maximum Gasteiger partial charge on any atom is 0.259 e. The van der Waals surface area contributed by atoms with Crippen LogP contribution in [0.1, 0.15) is 11.3 Å². The first-order valence-electron chi connectivity index (χ1n) is 4.28. The van der Waals surface area contributed by atoms with Crippen molar-refractivity contribution in [2.45, 2.75) is 12.0 Å². The molecule has 14 heavy (non-hydrogen) atoms. The lowest BCUT2D eigenvalue weighted by Gasteiger charge is -2.18. The van der Waals surface area contributed by atoms with E-state index in [-0.39, 0.29) is 5.91 Å². The molecule has 1 N–H and O–H groups in total. The maximum atomic E-state index is 11.7. The second-order valence-corrected chi connectivity index (χ2v) is 5.90. The van der Waals surface area contributed by atoms with E-state index in [0.717, 1.165) is 8.66 Å². The molecule has 1 fully saturated rings. The Morgan fingerprint density at radius 3 is 2.79 bits per heavy atom. The largest absolute Gasteiger partial charge is 0.375 e. The van der Waals surface area contributed by atoms with Gasteiger partial charge in [0.05, 0.1) is 3.79 Å². The van der Waals surface area contributed by atoms with Crippen LogP contribution < -0.4 is 0 Å². The van der Waals surface area contributed by atoms with E-state index < -0.39 is 5.60 Å². The maximum absolute atomic E-state index is 11.7. The number of likely N-dealkylation sites (N-methyl/N-ethyl adjacent to an activating group) is 1. The van der Waals surface area contributed by atoms with E-state index in [9.17, 15) is 9.90 Å². The lowest BCUT2D eigenvalue weighted by atomic mass is 10.0. The van der Waals surface area contributed by atoms with Gasteiger partial charge >= 0.3 is 0 Å². The Morgan fingerprint density at radius 1 is 1.64 bits per heavy atom. The van der Waals surface area contributed by atoms with Crippen LogP contribution in [0.15, 0.2) is 15.9 Å². The van der Waals surface area contributed by atoms with Gasteiger partial charge in [0, 0.05) is 24.9 Å². The Hall–Kier alpha value is -0.390. The minimum atomic E-state index is -1.29. The molecular formula is C9H10BrNO2S. The molecule has 76 valence electrons. The van der Waals surface area contributed by atoms with Gasteiger partial charge in [-0.05, 0) is 28.1 Å². The summed E-state index contributed by atoms with van der Waals surface area (Å²) in [5.41, 5.74) is -1.29. The summed E-state index contributed by atoms with van der Waals surface area (Å²) >= 11 is 4.73. The van der Waals surface area contributed by atoms with Crippen molar-refractivity contribution >= 4 is 33.2 Å². The Kier molecular flexibility index (Phi) is 2.41. The molecule has 0 saturated carbocycles. The molecule has 0 aliphatic carbocycles. The molecule has 1 aromatic rings. The molecule has 1 amide bonds. The molecule has 5 heteroatoms. The molecule has 0 radical (unpaired) electrons. The Bertz CT molecular complexity index is 379. The van der Waals surface area contributed by atoms with Gasteiger partial charge in [0.15, 0.2) is 5.60 Å². The molecule has 1 unspecified atom stereocenters. The molecule has 3 nitrogen and oxygen atoms in total. The van der Waals surface area contributed by atoms with Crippen molar-refractivity contribution in [1.29, 1.82) is 0 Å². The highest BCUT2D eigenvalue weighted by molar-refractivity contribution is 9.11. The van der Waals surface area contributed by atoms with Crippen LogP contribution in [0.2, 0.25) is 0 Å². The average molecular weight is 276 g/mol. The van der Waals surface area contributed by atoms with E-state index in [0.29, 0.717) is 13.0 Å². The third kappa shape index (κ3) is 1.39. The number of aliphatic hydroxyl groups is 1. The first kappa shape index (κ1) is 10.1. The second kappa shape index (κ2) is 3.32. The fraction of sp³-hybridized carbons (Fsp3) is 0.444. The molecule has 2 rings (SSSR count). The van der Waals surface area contributed by atoms with E-state index >= 15 is 0 Å². The lowest BCUT2D eigenvalue weighted by molar-refractivity contribution is -0.142. The zero-order valence-corrected chi connectivity index (χ0v) is 10.1. The standard InChI is InChI=1S/C9H10BrNO2S/c1-11-5-4-9(13,8(11)12)6-2-3-7(10)14-6/h2-3,13H,4-5H2,1H3. The zero-order chi connectivity index (χ0) is 10.3. The smallest absolute Gasteiger partial charge is 0.259 e. The Morgan fingerprint density at radius 2 is 2.36 bits per heavy atom. The number of carbonyl (C=O) groups excluding carboxylic acids is 1. The minimum absolute atomic E-state index is 0.202. The van der Waals surface area contributed by atoms with Crippen molar-refractivity contribution in [3.63, 3.8) is 0 Å². The second-order valence-electron chi connectivity index (χ2n) is 3.44. The molecule has 1 aliphatic heterocycles. The van der Waals surface area contributed by atoms with Crippen LogP contribution in [0.3, 0.4) is 0 Å². The Balaban J connectivity index is 2.38. The third-order valence-electron chi connectivity index (χ3n) is 2.49. The highest BCUT2D eigenvalue weighted by Gasteiger charge is 2.46. The van der Waals surface area contributed by atoms with Crippen LogP contribution in [0, 0.1) is 0 Å². The summed E-state index contributed by atoms with van der Waals surface area (Å²) < 4.78 is 0.934. The number of nitrogens with zero attached hydrogens (tertiary/aromatic N) is 1. The molecule has 2 heterocycles. The number of likely N-dealkylation sites (tertiary alicyclic amines) is 1. The predicted molar refractivity (Wildman–Crippen MR) is 58.2 cm³/mol. The molecule has 0 bridgehead atoms. The Labute approximate surface area is 94.5 Å². The first-order valence-corrected chi connectivity index (χ1v) is 5.89. The number of thiophene rings is 1. The van der Waals surface area contributed by atoms with Gasteiger partial charge in [0.2, 0.25) is 0 Å². The summed E-state index contributed by atoms with van der Waals surface area (Å²) in [5.74, 6) is -0.202. The summed E-state index contributed by atoms with van der Waals surface area (Å²) in [4.78, 5) is 14.0. The van der Waals surface area contributed by atoms with Crippen molar-refractivity contribution < 1.29 is 9.90 Å². The van der Waals surface area contributed by atoms with Crippen LogP contribution in [0.25, 0.3) is 0 Å². The average Bonchev–Trinajstić information content (AvgIpc) is 2.68. The predicted octanol–water partition coefficient (Wildman–Crippen LogP) is 1.56. The van der Waals surface area contributed by atoms with Crippen molar-refractivity contribution in [3.8, 4) is 0 Å². The fourth-order valence-corrected chi connectivity index (χ4v) is 3.11. The topological polar surface area (TPSA) is 40.5 Å².